The maximum Gasteiger partial charge on any atom is 0.416 e. The minimum atomic E-state index is -4.43. The van der Waals surface area contributed by atoms with Crippen molar-refractivity contribution in [2.24, 2.45) is 0 Å². The van der Waals surface area contributed by atoms with Crippen LogP contribution in [0.15, 0.2) is 72.8 Å². The van der Waals surface area contributed by atoms with Crippen LogP contribution in [0.3, 0.4) is 0 Å². The van der Waals surface area contributed by atoms with Gasteiger partial charge in [-0.2, -0.15) is 13.2 Å². The quantitative estimate of drug-likeness (QED) is 0.289. The summed E-state index contributed by atoms with van der Waals surface area (Å²) in [6, 6.07) is 19.5. The maximum absolute atomic E-state index is 13.0. The Kier molecular flexibility index (Phi) is 6.69. The summed E-state index contributed by atoms with van der Waals surface area (Å²) in [5.74, 6) is 0.553. The first-order valence-corrected chi connectivity index (χ1v) is 12.2. The number of aliphatic hydroxyl groups is 1. The number of nitrogens with one attached hydrogen (secondary N) is 1. The minimum absolute atomic E-state index is 0.218. The highest BCUT2D eigenvalue weighted by Gasteiger charge is 2.32. The second-order valence-electron chi connectivity index (χ2n) is 9.23. The van der Waals surface area contributed by atoms with E-state index in [0.717, 1.165) is 47.2 Å². The van der Waals surface area contributed by atoms with Crippen LogP contribution >= 0.6 is 0 Å². The molecule has 4 aromatic rings. The molecule has 0 radical (unpaired) electrons. The summed E-state index contributed by atoms with van der Waals surface area (Å²) in [5.41, 5.74) is 2.54. The van der Waals surface area contributed by atoms with Gasteiger partial charge in [0.25, 0.3) is 5.91 Å². The van der Waals surface area contributed by atoms with E-state index < -0.39 is 17.8 Å². The van der Waals surface area contributed by atoms with E-state index in [1.54, 1.807) is 12.1 Å². The van der Waals surface area contributed by atoms with Gasteiger partial charge in [0.2, 0.25) is 0 Å². The lowest BCUT2D eigenvalue weighted by Crippen LogP contribution is -2.22. The van der Waals surface area contributed by atoms with Crippen molar-refractivity contribution in [1.82, 2.24) is 9.88 Å². The van der Waals surface area contributed by atoms with Crippen molar-refractivity contribution in [3.63, 3.8) is 0 Å². The van der Waals surface area contributed by atoms with Gasteiger partial charge >= 0.3 is 6.18 Å². The lowest BCUT2D eigenvalue weighted by molar-refractivity contribution is -0.137. The Balaban J connectivity index is 1.37. The van der Waals surface area contributed by atoms with Gasteiger partial charge in [-0.1, -0.05) is 24.3 Å². The van der Waals surface area contributed by atoms with E-state index in [1.165, 1.54) is 12.1 Å². The predicted molar refractivity (Wildman–Crippen MR) is 134 cm³/mol. The van der Waals surface area contributed by atoms with Crippen molar-refractivity contribution in [2.45, 2.75) is 44.6 Å². The number of aromatic nitrogens is 1. The Labute approximate surface area is 212 Å². The molecule has 1 amide bonds. The van der Waals surface area contributed by atoms with Crippen LogP contribution in [0.5, 0.6) is 5.75 Å². The van der Waals surface area contributed by atoms with Crippen molar-refractivity contribution in [3.05, 3.63) is 101 Å². The van der Waals surface area contributed by atoms with Crippen molar-refractivity contribution < 1.29 is 27.8 Å². The largest absolute Gasteiger partial charge is 0.494 e. The summed E-state index contributed by atoms with van der Waals surface area (Å²) in [5, 5.41) is 14.8. The average molecular weight is 509 g/mol. The van der Waals surface area contributed by atoms with E-state index in [-0.39, 0.29) is 11.9 Å². The molecule has 5 nitrogen and oxygen atoms in total. The molecule has 8 heteroatoms. The van der Waals surface area contributed by atoms with Gasteiger partial charge in [0.05, 0.1) is 17.9 Å². The van der Waals surface area contributed by atoms with E-state index in [9.17, 15) is 23.1 Å². The number of aliphatic hydroxyl groups excluding tert-OH is 1. The fourth-order valence-electron chi connectivity index (χ4n) is 4.53. The Hall–Kier alpha value is -3.78. The topological polar surface area (TPSA) is 63.5 Å². The minimum Gasteiger partial charge on any atom is -0.494 e. The molecule has 0 spiro atoms. The van der Waals surface area contributed by atoms with Gasteiger partial charge in [-0.25, -0.2) is 0 Å². The van der Waals surface area contributed by atoms with E-state index in [4.69, 9.17) is 4.74 Å². The van der Waals surface area contributed by atoms with Crippen molar-refractivity contribution in [1.29, 1.82) is 0 Å². The number of carbonyl (C=O) groups excluding carboxylic acids is 1. The molecule has 1 atom stereocenters. The summed E-state index contributed by atoms with van der Waals surface area (Å²) in [6.45, 7) is 2.87. The summed E-state index contributed by atoms with van der Waals surface area (Å²) in [7, 11) is 0. The van der Waals surface area contributed by atoms with Gasteiger partial charge in [-0.3, -0.25) is 4.79 Å². The fourth-order valence-corrected chi connectivity index (χ4v) is 4.53. The lowest BCUT2D eigenvalue weighted by Gasteiger charge is -2.16. The Bertz CT molecular complexity index is 1410. The molecule has 0 saturated heterocycles. The molecular weight excluding hydrogens is 481 g/mol. The molecule has 1 aromatic heterocycles. The number of hydrogen-bond donors (Lipinski definition) is 2. The van der Waals surface area contributed by atoms with Crippen molar-refractivity contribution >= 4 is 16.8 Å². The molecule has 1 aliphatic carbocycles. The number of halogens is 3. The first kappa shape index (κ1) is 24.9. The smallest absolute Gasteiger partial charge is 0.416 e. The molecule has 2 N–H and O–H groups in total. The second-order valence-corrected chi connectivity index (χ2v) is 9.23. The first-order chi connectivity index (χ1) is 17.7. The molecular formula is C29H27F3N2O3. The number of amides is 1. The molecule has 1 heterocycles. The third-order valence-electron chi connectivity index (χ3n) is 6.56. The fraction of sp³-hybridized carbons (Fsp3) is 0.276. The highest BCUT2D eigenvalue weighted by molar-refractivity contribution is 5.98. The van der Waals surface area contributed by atoms with Gasteiger partial charge in [-0.05, 0) is 79.4 Å². The van der Waals surface area contributed by atoms with E-state index in [0.29, 0.717) is 30.0 Å². The Morgan fingerprint density at radius 3 is 2.38 bits per heavy atom. The van der Waals surface area contributed by atoms with E-state index in [1.807, 2.05) is 47.9 Å². The van der Waals surface area contributed by atoms with Gasteiger partial charge < -0.3 is 19.7 Å². The zero-order valence-corrected chi connectivity index (χ0v) is 20.3. The third-order valence-corrected chi connectivity index (χ3v) is 6.56. The molecule has 1 aliphatic rings. The molecule has 1 unspecified atom stereocenters. The van der Waals surface area contributed by atoms with Crippen LogP contribution in [0.25, 0.3) is 10.9 Å². The van der Waals surface area contributed by atoms with Crippen molar-refractivity contribution in [3.8, 4) is 5.75 Å². The van der Waals surface area contributed by atoms with Gasteiger partial charge in [0.15, 0.2) is 0 Å². The van der Waals surface area contributed by atoms with Crippen LogP contribution in [0.4, 0.5) is 13.2 Å². The lowest BCUT2D eigenvalue weighted by atomic mass is 10.0. The van der Waals surface area contributed by atoms with Crippen molar-refractivity contribution in [2.75, 3.05) is 6.61 Å². The maximum atomic E-state index is 13.0. The van der Waals surface area contributed by atoms with E-state index >= 15 is 0 Å². The molecule has 3 aromatic carbocycles. The number of benzene rings is 3. The number of hydrogen-bond acceptors (Lipinski definition) is 3. The predicted octanol–water partition coefficient (Wildman–Crippen LogP) is 6.41. The first-order valence-electron chi connectivity index (χ1n) is 12.2. The number of carbonyl (C=O) groups is 1. The van der Waals surface area contributed by atoms with Crippen LogP contribution in [-0.4, -0.2) is 22.2 Å². The van der Waals surface area contributed by atoms with Crippen LogP contribution in [-0.2, 0) is 12.7 Å². The standard InChI is InChI=1S/C29H27F3N2O3/c1-2-37-24-12-3-18(4-13-24)17-33-28(36)20-7-14-25-21(15-20)16-26(34(25)23-10-11-23)27(35)19-5-8-22(9-6-19)29(30,31)32/h3-9,12-16,23,27,35H,2,10-11,17H2,1H3,(H,33,36). The van der Waals surface area contributed by atoms with Crippen LogP contribution < -0.4 is 10.1 Å². The van der Waals surface area contributed by atoms with Crippen LogP contribution in [0, 0.1) is 0 Å². The monoisotopic (exact) mass is 508 g/mol. The molecule has 1 saturated carbocycles. The van der Waals surface area contributed by atoms with Crippen LogP contribution in [0.2, 0.25) is 0 Å². The normalized spacial score (nSPS) is 14.5. The zero-order valence-electron chi connectivity index (χ0n) is 20.3. The molecule has 192 valence electrons. The number of rotatable bonds is 8. The SMILES string of the molecule is CCOc1ccc(CNC(=O)c2ccc3c(c2)cc(C(O)c2ccc(C(F)(F)F)cc2)n3C2CC2)cc1. The van der Waals surface area contributed by atoms with Gasteiger partial charge in [0, 0.05) is 29.1 Å². The highest BCUT2D eigenvalue weighted by Crippen LogP contribution is 2.42. The zero-order chi connectivity index (χ0) is 26.2. The number of ether oxygens (including phenoxy) is 1. The summed E-state index contributed by atoms with van der Waals surface area (Å²) in [4.78, 5) is 12.9. The number of nitrogens with zero attached hydrogens (tertiary/aromatic N) is 1. The summed E-state index contributed by atoms with van der Waals surface area (Å²) < 4.78 is 46.3. The third kappa shape index (κ3) is 5.34. The Morgan fingerprint density at radius 2 is 1.76 bits per heavy atom. The second kappa shape index (κ2) is 9.94. The average Bonchev–Trinajstić information content (AvgIpc) is 3.66. The number of alkyl halides is 3. The molecule has 0 aliphatic heterocycles. The van der Waals surface area contributed by atoms with Crippen LogP contribution in [0.1, 0.15) is 64.7 Å². The molecule has 0 bridgehead atoms. The molecule has 37 heavy (non-hydrogen) atoms. The number of fused-ring (bicyclic) bond motifs is 1. The Morgan fingerprint density at radius 1 is 1.05 bits per heavy atom. The summed E-state index contributed by atoms with van der Waals surface area (Å²) >= 11 is 0. The molecule has 5 rings (SSSR count). The van der Waals surface area contributed by atoms with E-state index in [2.05, 4.69) is 5.32 Å². The molecule has 1 fully saturated rings. The summed E-state index contributed by atoms with van der Waals surface area (Å²) in [6.07, 6.45) is -3.61. The van der Waals surface area contributed by atoms with Gasteiger partial charge in [0.1, 0.15) is 11.9 Å². The van der Waals surface area contributed by atoms with Gasteiger partial charge in [-0.15, -0.1) is 0 Å². The highest BCUT2D eigenvalue weighted by atomic mass is 19.4.